The van der Waals surface area contributed by atoms with Crippen molar-refractivity contribution in [3.63, 3.8) is 0 Å². The van der Waals surface area contributed by atoms with Crippen molar-refractivity contribution >= 4 is 25.8 Å². The van der Waals surface area contributed by atoms with E-state index in [1.54, 1.807) is 21.3 Å². The molecule has 196 valence electrons. The number of unbranched alkanes of at least 4 members (excludes halogenated alkanes) is 13. The Morgan fingerprint density at radius 1 is 0.625 bits per heavy atom. The molecule has 0 rings (SSSR count). The minimum atomic E-state index is -2.46. The quantitative estimate of drug-likeness (QED) is 0.104. The predicted molar refractivity (Wildman–Crippen MR) is 148 cm³/mol. The summed E-state index contributed by atoms with van der Waals surface area (Å²) >= 11 is 0. The second kappa shape index (κ2) is 22.0. The molecule has 2 N–H and O–H groups in total. The molecule has 1 atom stereocenters. The van der Waals surface area contributed by atoms with Crippen molar-refractivity contribution in [1.82, 2.24) is 0 Å². The minimum Gasteiger partial charge on any atom is -0.377 e. The molecule has 1 unspecified atom stereocenters. The van der Waals surface area contributed by atoms with Crippen molar-refractivity contribution in [3.05, 3.63) is 0 Å². The first-order valence-corrected chi connectivity index (χ1v) is 15.2. The Labute approximate surface area is 213 Å². The van der Waals surface area contributed by atoms with Crippen LogP contribution < -0.4 is 5.73 Å². The van der Waals surface area contributed by atoms with E-state index in [0.717, 1.165) is 18.9 Å². The highest BCUT2D eigenvalue weighted by Gasteiger charge is 2.37. The molecular weight excluding hydrogens is 482 g/mol. The number of halogens is 1. The Bertz CT molecular complexity index is 381. The van der Waals surface area contributed by atoms with E-state index >= 15 is 0 Å². The molecule has 0 bridgehead atoms. The van der Waals surface area contributed by atoms with Crippen LogP contribution in [0.3, 0.4) is 0 Å². The van der Waals surface area contributed by atoms with Gasteiger partial charge in [-0.05, 0) is 39.0 Å². The van der Waals surface area contributed by atoms with Gasteiger partial charge >= 0.3 is 8.80 Å². The first kappa shape index (κ1) is 34.7. The molecule has 6 heteroatoms. The predicted octanol–water partition coefficient (Wildman–Crippen LogP) is 8.45. The molecule has 32 heavy (non-hydrogen) atoms. The maximum absolute atomic E-state index is 6.50. The van der Waals surface area contributed by atoms with Gasteiger partial charge in [0.2, 0.25) is 0 Å². The third kappa shape index (κ3) is 17.9. The van der Waals surface area contributed by atoms with Gasteiger partial charge in [0.05, 0.1) is 0 Å². The van der Waals surface area contributed by atoms with Gasteiger partial charge in [0, 0.05) is 32.9 Å². The highest BCUT2D eigenvalue weighted by Crippen LogP contribution is 2.28. The zero-order valence-electron chi connectivity index (χ0n) is 22.5. The lowest BCUT2D eigenvalue weighted by atomic mass is 9.81. The minimum absolute atomic E-state index is 0. The first-order valence-electron chi connectivity index (χ1n) is 13.3. The summed E-state index contributed by atoms with van der Waals surface area (Å²) in [4.78, 5) is 0. The Morgan fingerprint density at radius 2 is 0.969 bits per heavy atom. The maximum Gasteiger partial charge on any atom is 0.500 e. The Kier molecular flexibility index (Phi) is 23.9. The summed E-state index contributed by atoms with van der Waals surface area (Å²) in [5, 5.41) is 0. The fraction of sp³-hybridized carbons (Fsp3) is 1.00. The van der Waals surface area contributed by atoms with Crippen LogP contribution in [0.1, 0.15) is 130 Å². The normalized spacial score (nSPS) is 13.2. The van der Waals surface area contributed by atoms with E-state index in [1.165, 1.54) is 96.3 Å². The van der Waals surface area contributed by atoms with E-state index in [4.69, 9.17) is 19.0 Å². The Morgan fingerprint density at radius 3 is 1.31 bits per heavy atom. The van der Waals surface area contributed by atoms with Crippen molar-refractivity contribution < 1.29 is 13.3 Å². The SMILES string of the molecule is Br.CCCCCCCCCCCCCCCCC(CCC[Si](OC)(OC)OC)C(C)(C)N. The van der Waals surface area contributed by atoms with Crippen LogP contribution in [0.2, 0.25) is 6.04 Å². The molecular formula is C26H58BrNO3Si. The fourth-order valence-electron chi connectivity index (χ4n) is 4.59. The zero-order chi connectivity index (χ0) is 23.4. The van der Waals surface area contributed by atoms with Crippen molar-refractivity contribution in [1.29, 1.82) is 0 Å². The molecule has 0 heterocycles. The lowest BCUT2D eigenvalue weighted by Gasteiger charge is -2.32. The highest BCUT2D eigenvalue weighted by molar-refractivity contribution is 8.93. The van der Waals surface area contributed by atoms with Gasteiger partial charge in [-0.3, -0.25) is 0 Å². The molecule has 0 aromatic carbocycles. The summed E-state index contributed by atoms with van der Waals surface area (Å²) in [5.41, 5.74) is 6.37. The van der Waals surface area contributed by atoms with E-state index in [9.17, 15) is 0 Å². The van der Waals surface area contributed by atoms with E-state index < -0.39 is 8.80 Å². The lowest BCUT2D eigenvalue weighted by molar-refractivity contribution is 0.121. The molecule has 0 saturated carbocycles. The molecule has 0 aliphatic rings. The molecule has 0 aliphatic heterocycles. The van der Waals surface area contributed by atoms with Gasteiger partial charge in [-0.2, -0.15) is 0 Å². The van der Waals surface area contributed by atoms with Crippen LogP contribution in [0.15, 0.2) is 0 Å². The maximum atomic E-state index is 6.50. The topological polar surface area (TPSA) is 53.7 Å². The van der Waals surface area contributed by atoms with Gasteiger partial charge in [-0.1, -0.05) is 96.8 Å². The Balaban J connectivity index is 0. The van der Waals surface area contributed by atoms with Crippen LogP contribution in [-0.4, -0.2) is 35.7 Å². The highest BCUT2D eigenvalue weighted by atomic mass is 79.9. The zero-order valence-corrected chi connectivity index (χ0v) is 25.2. The average molecular weight is 541 g/mol. The van der Waals surface area contributed by atoms with E-state index in [2.05, 4.69) is 20.8 Å². The fourth-order valence-corrected chi connectivity index (χ4v) is 6.34. The van der Waals surface area contributed by atoms with Gasteiger partial charge in [-0.15, -0.1) is 17.0 Å². The van der Waals surface area contributed by atoms with Gasteiger partial charge in [-0.25, -0.2) is 0 Å². The molecule has 0 saturated heterocycles. The second-order valence-electron chi connectivity index (χ2n) is 10.1. The van der Waals surface area contributed by atoms with E-state index in [-0.39, 0.29) is 22.5 Å². The summed E-state index contributed by atoms with van der Waals surface area (Å²) in [6.07, 6.45) is 23.1. The van der Waals surface area contributed by atoms with Crippen molar-refractivity contribution in [2.75, 3.05) is 21.3 Å². The number of hydrogen-bond acceptors (Lipinski definition) is 4. The number of hydrogen-bond donors (Lipinski definition) is 1. The molecule has 0 fully saturated rings. The van der Waals surface area contributed by atoms with E-state index in [1.807, 2.05) is 0 Å². The molecule has 0 aliphatic carbocycles. The summed E-state index contributed by atoms with van der Waals surface area (Å²) in [7, 11) is 2.62. The monoisotopic (exact) mass is 539 g/mol. The van der Waals surface area contributed by atoms with Crippen molar-refractivity contribution in [2.24, 2.45) is 11.7 Å². The summed E-state index contributed by atoms with van der Waals surface area (Å²) in [5.74, 6) is 0.544. The largest absolute Gasteiger partial charge is 0.500 e. The van der Waals surface area contributed by atoms with Crippen LogP contribution in [-0.2, 0) is 13.3 Å². The smallest absolute Gasteiger partial charge is 0.377 e. The third-order valence-electron chi connectivity index (χ3n) is 6.93. The molecule has 0 radical (unpaired) electrons. The third-order valence-corrected chi connectivity index (χ3v) is 9.76. The van der Waals surface area contributed by atoms with Crippen LogP contribution in [0.4, 0.5) is 0 Å². The molecule has 0 aromatic heterocycles. The number of rotatable bonds is 23. The van der Waals surface area contributed by atoms with Gasteiger partial charge in [0.1, 0.15) is 0 Å². The molecule has 0 spiro atoms. The molecule has 0 amide bonds. The van der Waals surface area contributed by atoms with Gasteiger partial charge in [0.15, 0.2) is 0 Å². The van der Waals surface area contributed by atoms with Crippen molar-refractivity contribution in [2.45, 2.75) is 142 Å². The first-order chi connectivity index (χ1) is 14.8. The number of nitrogens with two attached hydrogens (primary N) is 1. The lowest BCUT2D eigenvalue weighted by Crippen LogP contribution is -2.44. The van der Waals surface area contributed by atoms with Crippen LogP contribution >= 0.6 is 17.0 Å². The summed E-state index contributed by atoms with van der Waals surface area (Å²) in [6, 6.07) is 0.863. The van der Waals surface area contributed by atoms with Crippen molar-refractivity contribution in [3.8, 4) is 0 Å². The molecule has 0 aromatic rings. The van der Waals surface area contributed by atoms with Crippen LogP contribution in [0, 0.1) is 5.92 Å². The second-order valence-corrected chi connectivity index (χ2v) is 13.2. The van der Waals surface area contributed by atoms with Gasteiger partial charge < -0.3 is 19.0 Å². The summed E-state index contributed by atoms with van der Waals surface area (Å²) in [6.45, 7) is 6.64. The van der Waals surface area contributed by atoms with Gasteiger partial charge in [0.25, 0.3) is 0 Å². The van der Waals surface area contributed by atoms with Crippen LogP contribution in [0.25, 0.3) is 0 Å². The van der Waals surface area contributed by atoms with E-state index in [0.29, 0.717) is 5.92 Å². The average Bonchev–Trinajstić information content (AvgIpc) is 2.75. The Hall–Kier alpha value is 0.537. The molecule has 4 nitrogen and oxygen atoms in total. The summed E-state index contributed by atoms with van der Waals surface area (Å²) < 4.78 is 16.7. The van der Waals surface area contributed by atoms with Crippen LogP contribution in [0.5, 0.6) is 0 Å². The standard InChI is InChI=1S/C26H57NO3Si.BrH/c1-7-8-9-10-11-12-13-14-15-16-17-18-19-20-22-25(26(2,3)27)23-21-24-31(28-4,29-5)30-6;/h25H,7-24,27H2,1-6H3;1H.